The molecule has 0 bridgehead atoms. The summed E-state index contributed by atoms with van der Waals surface area (Å²) in [7, 11) is 0. The third-order valence-corrected chi connectivity index (χ3v) is 6.87. The van der Waals surface area contributed by atoms with Crippen molar-refractivity contribution in [2.75, 3.05) is 42.5 Å². The van der Waals surface area contributed by atoms with Crippen LogP contribution in [0.5, 0.6) is 0 Å². The van der Waals surface area contributed by atoms with Crippen molar-refractivity contribution in [1.29, 1.82) is 0 Å². The second-order valence-electron chi connectivity index (χ2n) is 8.66. The van der Waals surface area contributed by atoms with E-state index in [0.29, 0.717) is 49.0 Å². The minimum atomic E-state index is -0.304. The van der Waals surface area contributed by atoms with E-state index in [1.54, 1.807) is 30.3 Å². The van der Waals surface area contributed by atoms with Crippen LogP contribution >= 0.6 is 11.6 Å². The van der Waals surface area contributed by atoms with E-state index in [1.807, 2.05) is 29.2 Å². The highest BCUT2D eigenvalue weighted by molar-refractivity contribution is 6.30. The van der Waals surface area contributed by atoms with Crippen LogP contribution in [-0.4, -0.2) is 48.5 Å². The Morgan fingerprint density at radius 3 is 2.35 bits per heavy atom. The largest absolute Gasteiger partial charge is 0.368 e. The zero-order valence-electron chi connectivity index (χ0n) is 18.7. The van der Waals surface area contributed by atoms with E-state index in [2.05, 4.69) is 21.9 Å². The first-order valence-corrected chi connectivity index (χ1v) is 11.8. The maximum Gasteiger partial charge on any atom is 0.292 e. The fourth-order valence-corrected chi connectivity index (χ4v) is 4.98. The minimum Gasteiger partial charge on any atom is -0.368 e. The van der Waals surface area contributed by atoms with Crippen LogP contribution in [0.1, 0.15) is 21.5 Å². The highest BCUT2D eigenvalue weighted by Crippen LogP contribution is 2.36. The molecule has 3 aromatic rings. The van der Waals surface area contributed by atoms with Crippen LogP contribution in [0.25, 0.3) is 0 Å². The Kier molecular flexibility index (Phi) is 6.11. The lowest BCUT2D eigenvalue weighted by Gasteiger charge is -2.37. The number of halogens is 1. The van der Waals surface area contributed by atoms with Gasteiger partial charge < -0.3 is 14.7 Å². The van der Waals surface area contributed by atoms with Crippen LogP contribution in [-0.2, 0) is 13.0 Å². The number of rotatable bonds is 4. The molecule has 1 saturated heterocycles. The summed E-state index contributed by atoms with van der Waals surface area (Å²) >= 11 is 6.04. The molecule has 0 radical (unpaired) electrons. The molecule has 1 fully saturated rings. The summed E-state index contributed by atoms with van der Waals surface area (Å²) in [6.07, 6.45) is 0.863. The highest BCUT2D eigenvalue weighted by Gasteiger charge is 2.27. The molecule has 0 atom stereocenters. The van der Waals surface area contributed by atoms with Crippen molar-refractivity contribution in [3.63, 3.8) is 0 Å². The predicted octanol–water partition coefficient (Wildman–Crippen LogP) is 4.77. The van der Waals surface area contributed by atoms with E-state index < -0.39 is 0 Å². The lowest BCUT2D eigenvalue weighted by molar-refractivity contribution is -0.384. The Balaban J connectivity index is 1.33. The standard InChI is InChI=1S/C26H25ClN4O3/c27-22-7-3-6-20(16-22)26(32)29-14-12-28(13-15-29)23-8-9-24(31(33)34)25(17-23)30-11-10-19-4-1-2-5-21(19)18-30/h1-9,16-17H,10-15,18H2. The average Bonchev–Trinajstić information content (AvgIpc) is 2.87. The van der Waals surface area contributed by atoms with E-state index in [-0.39, 0.29) is 16.5 Å². The van der Waals surface area contributed by atoms with Crippen molar-refractivity contribution in [3.05, 3.63) is 98.6 Å². The van der Waals surface area contributed by atoms with Crippen LogP contribution in [0.4, 0.5) is 17.1 Å². The van der Waals surface area contributed by atoms with Crippen LogP contribution in [0.2, 0.25) is 5.02 Å². The van der Waals surface area contributed by atoms with E-state index in [1.165, 1.54) is 11.1 Å². The molecule has 2 aliphatic heterocycles. The predicted molar refractivity (Wildman–Crippen MR) is 134 cm³/mol. The first-order valence-electron chi connectivity index (χ1n) is 11.4. The van der Waals surface area contributed by atoms with Crippen LogP contribution in [0.3, 0.4) is 0 Å². The summed E-state index contributed by atoms with van der Waals surface area (Å²) in [5, 5.41) is 12.3. The lowest BCUT2D eigenvalue weighted by Crippen LogP contribution is -2.48. The maximum atomic E-state index is 12.8. The van der Waals surface area contributed by atoms with E-state index in [9.17, 15) is 14.9 Å². The number of hydrogen-bond donors (Lipinski definition) is 0. The smallest absolute Gasteiger partial charge is 0.292 e. The molecule has 0 aromatic heterocycles. The summed E-state index contributed by atoms with van der Waals surface area (Å²) in [5.41, 5.74) is 4.81. The van der Waals surface area contributed by atoms with Crippen molar-refractivity contribution in [3.8, 4) is 0 Å². The fraction of sp³-hybridized carbons (Fsp3) is 0.269. The van der Waals surface area contributed by atoms with Gasteiger partial charge in [-0.1, -0.05) is 41.9 Å². The van der Waals surface area contributed by atoms with Gasteiger partial charge in [-0.15, -0.1) is 0 Å². The number of amides is 1. The Hall–Kier alpha value is -3.58. The van der Waals surface area contributed by atoms with Gasteiger partial charge in [-0.2, -0.15) is 0 Å². The quantitative estimate of drug-likeness (QED) is 0.400. The van der Waals surface area contributed by atoms with Crippen molar-refractivity contribution in [2.24, 2.45) is 0 Å². The van der Waals surface area contributed by atoms with Crippen LogP contribution in [0.15, 0.2) is 66.7 Å². The molecule has 1 amide bonds. The number of hydrogen-bond acceptors (Lipinski definition) is 5. The number of carbonyl (C=O) groups excluding carboxylic acids is 1. The molecule has 0 unspecified atom stereocenters. The first-order chi connectivity index (χ1) is 16.5. The Morgan fingerprint density at radius 1 is 0.853 bits per heavy atom. The Bertz CT molecular complexity index is 1240. The number of nitro benzene ring substituents is 1. The molecule has 174 valence electrons. The van der Waals surface area contributed by atoms with Gasteiger partial charge in [0.1, 0.15) is 5.69 Å². The summed E-state index contributed by atoms with van der Waals surface area (Å²) < 4.78 is 0. The minimum absolute atomic E-state index is 0.0291. The molecule has 0 saturated carbocycles. The molecule has 5 rings (SSSR count). The van der Waals surface area contributed by atoms with Crippen LogP contribution in [0, 0.1) is 10.1 Å². The zero-order valence-corrected chi connectivity index (χ0v) is 19.4. The molecule has 0 N–H and O–H groups in total. The average molecular weight is 477 g/mol. The van der Waals surface area contributed by atoms with Gasteiger partial charge in [0.15, 0.2) is 0 Å². The summed E-state index contributed by atoms with van der Waals surface area (Å²) in [5.74, 6) is -0.0291. The Labute approximate surface area is 203 Å². The van der Waals surface area contributed by atoms with Gasteiger partial charge in [0.2, 0.25) is 0 Å². The first kappa shape index (κ1) is 22.2. The molecule has 2 heterocycles. The molecule has 0 spiro atoms. The van der Waals surface area contributed by atoms with Crippen molar-refractivity contribution in [1.82, 2.24) is 4.90 Å². The summed E-state index contributed by atoms with van der Waals surface area (Å²) in [6, 6.07) is 20.6. The number of carbonyl (C=O) groups is 1. The van der Waals surface area contributed by atoms with Gasteiger partial charge >= 0.3 is 0 Å². The highest BCUT2D eigenvalue weighted by atomic mass is 35.5. The number of anilines is 2. The number of piperazine rings is 1. The second kappa shape index (κ2) is 9.35. The number of benzene rings is 3. The molecular weight excluding hydrogens is 452 g/mol. The summed E-state index contributed by atoms with van der Waals surface area (Å²) in [6.45, 7) is 3.87. The molecule has 2 aliphatic rings. The lowest BCUT2D eigenvalue weighted by atomic mass is 9.99. The van der Waals surface area contributed by atoms with Crippen LogP contribution < -0.4 is 9.80 Å². The summed E-state index contributed by atoms with van der Waals surface area (Å²) in [4.78, 5) is 30.4. The number of fused-ring (bicyclic) bond motifs is 1. The fourth-order valence-electron chi connectivity index (χ4n) is 4.79. The third-order valence-electron chi connectivity index (χ3n) is 6.63. The maximum absolute atomic E-state index is 12.8. The molecule has 3 aromatic carbocycles. The molecule has 7 nitrogen and oxygen atoms in total. The number of nitro groups is 1. The van der Waals surface area contributed by atoms with E-state index in [0.717, 1.165) is 18.7 Å². The topological polar surface area (TPSA) is 69.9 Å². The molecule has 8 heteroatoms. The zero-order chi connectivity index (χ0) is 23.7. The monoisotopic (exact) mass is 476 g/mol. The second-order valence-corrected chi connectivity index (χ2v) is 9.10. The molecule has 0 aliphatic carbocycles. The van der Waals surface area contributed by atoms with Crippen molar-refractivity contribution in [2.45, 2.75) is 13.0 Å². The Morgan fingerprint density at radius 2 is 1.62 bits per heavy atom. The van der Waals surface area contributed by atoms with Gasteiger partial charge in [-0.3, -0.25) is 14.9 Å². The molecular formula is C26H25ClN4O3. The molecule has 34 heavy (non-hydrogen) atoms. The van der Waals surface area contributed by atoms with Crippen molar-refractivity contribution < 1.29 is 9.72 Å². The van der Waals surface area contributed by atoms with Gasteiger partial charge in [0, 0.05) is 61.6 Å². The van der Waals surface area contributed by atoms with Gasteiger partial charge in [-0.25, -0.2) is 0 Å². The van der Waals surface area contributed by atoms with Gasteiger partial charge in [0.05, 0.1) is 4.92 Å². The third kappa shape index (κ3) is 4.43. The van der Waals surface area contributed by atoms with E-state index in [4.69, 9.17) is 11.6 Å². The van der Waals surface area contributed by atoms with Gasteiger partial charge in [-0.05, 0) is 47.9 Å². The SMILES string of the molecule is O=C(c1cccc(Cl)c1)N1CCN(c2ccc([N+](=O)[O-])c(N3CCc4ccccc4C3)c2)CC1. The van der Waals surface area contributed by atoms with Gasteiger partial charge in [0.25, 0.3) is 11.6 Å². The van der Waals surface area contributed by atoms with E-state index >= 15 is 0 Å². The number of nitrogens with zero attached hydrogens (tertiary/aromatic N) is 4. The normalized spacial score (nSPS) is 15.7. The van der Waals surface area contributed by atoms with Crippen molar-refractivity contribution >= 4 is 34.6 Å².